The third-order valence-corrected chi connectivity index (χ3v) is 8.51. The molecule has 232 valence electrons. The minimum absolute atomic E-state index is 0.0109. The summed E-state index contributed by atoms with van der Waals surface area (Å²) in [6.45, 7) is 0.903. The van der Waals surface area contributed by atoms with Crippen molar-refractivity contribution in [1.29, 1.82) is 0 Å². The van der Waals surface area contributed by atoms with Crippen molar-refractivity contribution in [2.75, 3.05) is 38.7 Å². The highest BCUT2D eigenvalue weighted by molar-refractivity contribution is 7.90. The van der Waals surface area contributed by atoms with E-state index in [1.54, 1.807) is 0 Å². The summed E-state index contributed by atoms with van der Waals surface area (Å²) in [5.74, 6) is -0.569. The van der Waals surface area contributed by atoms with Gasteiger partial charge in [-0.15, -0.1) is 0 Å². The van der Waals surface area contributed by atoms with Crippen LogP contribution in [0.1, 0.15) is 30.4 Å². The number of hydrogen-bond donors (Lipinski definition) is 1. The van der Waals surface area contributed by atoms with Gasteiger partial charge >= 0.3 is 16.2 Å². The Morgan fingerprint density at radius 3 is 2.14 bits per heavy atom. The van der Waals surface area contributed by atoms with Gasteiger partial charge < -0.3 is 23.7 Å². The van der Waals surface area contributed by atoms with Crippen LogP contribution < -0.4 is 14.2 Å². The second kappa shape index (κ2) is 15.9. The molecular formula is C30H36ClN3O8S. The number of rotatable bonds is 15. The summed E-state index contributed by atoms with van der Waals surface area (Å²) in [4.78, 5) is 17.6. The Bertz CT molecular complexity index is 1380. The molecule has 1 aliphatic heterocycles. The number of nitrogens with zero attached hydrogens (tertiary/aromatic N) is 2. The van der Waals surface area contributed by atoms with Crippen LogP contribution in [0, 0.1) is 0 Å². The van der Waals surface area contributed by atoms with Gasteiger partial charge in [-0.05, 0) is 30.4 Å². The lowest BCUT2D eigenvalue weighted by molar-refractivity contribution is -0.162. The maximum atomic E-state index is 13.6. The van der Waals surface area contributed by atoms with Crippen LogP contribution >= 0.6 is 11.6 Å². The molecule has 0 bridgehead atoms. The number of benzene rings is 2. The van der Waals surface area contributed by atoms with Gasteiger partial charge in [0.15, 0.2) is 10.9 Å². The first-order chi connectivity index (χ1) is 20.8. The van der Waals surface area contributed by atoms with Crippen molar-refractivity contribution in [3.05, 3.63) is 83.0 Å². The van der Waals surface area contributed by atoms with Crippen molar-refractivity contribution in [2.45, 2.75) is 44.6 Å². The monoisotopic (exact) mass is 633 g/mol. The third-order valence-electron chi connectivity index (χ3n) is 6.71. The fourth-order valence-electron chi connectivity index (χ4n) is 4.58. The number of aromatic nitrogens is 1. The van der Waals surface area contributed by atoms with E-state index in [0.29, 0.717) is 32.5 Å². The van der Waals surface area contributed by atoms with Crippen molar-refractivity contribution in [2.24, 2.45) is 0 Å². The van der Waals surface area contributed by atoms with Gasteiger partial charge in [-0.3, -0.25) is 9.52 Å². The number of anilines is 1. The Kier molecular flexibility index (Phi) is 12.0. The van der Waals surface area contributed by atoms with Gasteiger partial charge in [-0.1, -0.05) is 72.3 Å². The third kappa shape index (κ3) is 9.28. The number of pyridine rings is 1. The summed E-state index contributed by atoms with van der Waals surface area (Å²) in [6.07, 6.45) is 0.768. The molecule has 1 atom stereocenters. The van der Waals surface area contributed by atoms with E-state index in [0.717, 1.165) is 15.4 Å². The van der Waals surface area contributed by atoms with Gasteiger partial charge in [0.05, 0.1) is 40.6 Å². The quantitative estimate of drug-likeness (QED) is 0.189. The predicted octanol–water partition coefficient (Wildman–Crippen LogP) is 4.61. The Labute approximate surface area is 257 Å². The van der Waals surface area contributed by atoms with Crippen LogP contribution in [0.25, 0.3) is 0 Å². The summed E-state index contributed by atoms with van der Waals surface area (Å²) in [6, 6.07) is 19.6. The lowest BCUT2D eigenvalue weighted by Gasteiger charge is -2.34. The standard InChI is InChI=1S/C30H36ClN3O8S/c1-38-27-17-25(29(39-2)32-28(27)31)33-43(36,37)34-16-10-9-15-26(34)30(35)42-24(20-40-18-22-11-5-3-6-12-22)21-41-19-23-13-7-4-8-14-23/h3-8,11-14,17,24,26,33H,9-10,15-16,18-21H2,1-2H3/t26-/m0/s1. The number of hydrogen-bond acceptors (Lipinski definition) is 9. The Hall–Kier alpha value is -3.42. The molecule has 0 unspecified atom stereocenters. The summed E-state index contributed by atoms with van der Waals surface area (Å²) < 4.78 is 58.6. The largest absolute Gasteiger partial charge is 0.493 e. The second-order valence-electron chi connectivity index (χ2n) is 9.83. The van der Waals surface area contributed by atoms with E-state index >= 15 is 0 Å². The van der Waals surface area contributed by atoms with E-state index in [1.807, 2.05) is 60.7 Å². The number of carbonyl (C=O) groups is 1. The van der Waals surface area contributed by atoms with Crippen molar-refractivity contribution in [3.63, 3.8) is 0 Å². The molecular weight excluding hydrogens is 598 g/mol. The molecule has 0 radical (unpaired) electrons. The zero-order valence-electron chi connectivity index (χ0n) is 24.1. The lowest BCUT2D eigenvalue weighted by Crippen LogP contribution is -2.51. The van der Waals surface area contributed by atoms with E-state index in [2.05, 4.69) is 9.71 Å². The topological polar surface area (TPSA) is 126 Å². The van der Waals surface area contributed by atoms with Crippen LogP contribution in [0.2, 0.25) is 5.15 Å². The van der Waals surface area contributed by atoms with Crippen LogP contribution in [-0.4, -0.2) is 69.8 Å². The molecule has 11 nitrogen and oxygen atoms in total. The van der Waals surface area contributed by atoms with Crippen LogP contribution in [0.15, 0.2) is 66.7 Å². The number of methoxy groups -OCH3 is 2. The fourth-order valence-corrected chi connectivity index (χ4v) is 6.22. The highest BCUT2D eigenvalue weighted by Gasteiger charge is 2.39. The van der Waals surface area contributed by atoms with E-state index in [9.17, 15) is 13.2 Å². The van der Waals surface area contributed by atoms with Crippen molar-refractivity contribution in [3.8, 4) is 11.6 Å². The number of nitrogens with one attached hydrogen (secondary N) is 1. The molecule has 2 heterocycles. The molecule has 1 fully saturated rings. The number of esters is 1. The Balaban J connectivity index is 1.46. The zero-order chi connectivity index (χ0) is 30.7. The maximum Gasteiger partial charge on any atom is 0.324 e. The van der Waals surface area contributed by atoms with E-state index in [4.69, 9.17) is 35.3 Å². The number of ether oxygens (including phenoxy) is 5. The van der Waals surface area contributed by atoms with Gasteiger partial charge in [-0.25, -0.2) is 0 Å². The average molecular weight is 634 g/mol. The zero-order valence-corrected chi connectivity index (χ0v) is 25.7. The lowest BCUT2D eigenvalue weighted by atomic mass is 10.1. The van der Waals surface area contributed by atoms with Gasteiger partial charge in [0.25, 0.3) is 0 Å². The number of piperidine rings is 1. The SMILES string of the molecule is COc1cc(NS(=O)(=O)N2CCCC[C@H]2C(=O)OC(COCc2ccccc2)COCc2ccccc2)c(OC)nc1Cl. The van der Waals surface area contributed by atoms with Crippen molar-refractivity contribution < 1.29 is 36.9 Å². The predicted molar refractivity (Wildman–Crippen MR) is 161 cm³/mol. The first-order valence-corrected chi connectivity index (χ1v) is 15.6. The van der Waals surface area contributed by atoms with E-state index < -0.39 is 28.3 Å². The van der Waals surface area contributed by atoms with E-state index in [1.165, 1.54) is 20.3 Å². The minimum Gasteiger partial charge on any atom is -0.493 e. The highest BCUT2D eigenvalue weighted by Crippen LogP contribution is 2.34. The highest BCUT2D eigenvalue weighted by atomic mass is 35.5. The molecule has 1 aliphatic rings. The van der Waals surface area contributed by atoms with E-state index in [-0.39, 0.29) is 42.2 Å². The molecule has 0 amide bonds. The van der Waals surface area contributed by atoms with Crippen molar-refractivity contribution >= 4 is 33.5 Å². The molecule has 43 heavy (non-hydrogen) atoms. The molecule has 1 saturated heterocycles. The summed E-state index contributed by atoms with van der Waals surface area (Å²) >= 11 is 6.07. The number of carbonyl (C=O) groups excluding carboxylic acids is 1. The van der Waals surface area contributed by atoms with Crippen LogP contribution in [0.4, 0.5) is 5.69 Å². The number of halogens is 1. The Morgan fingerprint density at radius 1 is 0.977 bits per heavy atom. The molecule has 0 saturated carbocycles. The average Bonchev–Trinajstić information content (AvgIpc) is 3.02. The molecule has 4 rings (SSSR count). The van der Waals surface area contributed by atoms with Gasteiger partial charge in [0, 0.05) is 12.6 Å². The summed E-state index contributed by atoms with van der Waals surface area (Å²) in [7, 11) is -1.52. The first kappa shape index (κ1) is 32.5. The smallest absolute Gasteiger partial charge is 0.324 e. The van der Waals surface area contributed by atoms with Gasteiger partial charge in [0.2, 0.25) is 5.88 Å². The molecule has 0 spiro atoms. The Morgan fingerprint density at radius 2 is 1.58 bits per heavy atom. The van der Waals surface area contributed by atoms with Crippen molar-refractivity contribution in [1.82, 2.24) is 9.29 Å². The molecule has 1 N–H and O–H groups in total. The van der Waals surface area contributed by atoms with Crippen LogP contribution in [-0.2, 0) is 42.4 Å². The van der Waals surface area contributed by atoms with Gasteiger partial charge in [0.1, 0.15) is 17.8 Å². The first-order valence-electron chi connectivity index (χ1n) is 13.8. The van der Waals surface area contributed by atoms with Crippen LogP contribution in [0.5, 0.6) is 11.6 Å². The molecule has 13 heteroatoms. The van der Waals surface area contributed by atoms with Crippen LogP contribution in [0.3, 0.4) is 0 Å². The maximum absolute atomic E-state index is 13.6. The van der Waals surface area contributed by atoms with Gasteiger partial charge in [-0.2, -0.15) is 17.7 Å². The molecule has 2 aromatic carbocycles. The summed E-state index contributed by atoms with van der Waals surface area (Å²) in [5.41, 5.74) is 1.96. The molecule has 0 aliphatic carbocycles. The minimum atomic E-state index is -4.24. The normalized spacial score (nSPS) is 15.7. The molecule has 1 aromatic heterocycles. The molecule has 3 aromatic rings. The second-order valence-corrected chi connectivity index (χ2v) is 11.8. The fraction of sp³-hybridized carbons (Fsp3) is 0.400. The summed E-state index contributed by atoms with van der Waals surface area (Å²) in [5, 5.41) is 0.0109.